The summed E-state index contributed by atoms with van der Waals surface area (Å²) in [6.45, 7) is 0.0789. The lowest BCUT2D eigenvalue weighted by atomic mass is 10.2. The van der Waals surface area contributed by atoms with Crippen LogP contribution in [0, 0.1) is 0 Å². The largest absolute Gasteiger partial charge is 0.417 e. The van der Waals surface area contributed by atoms with Crippen LogP contribution in [-0.2, 0) is 6.18 Å². The molecule has 1 rings (SSSR count). The van der Waals surface area contributed by atoms with Gasteiger partial charge in [0.15, 0.2) is 0 Å². The maximum absolute atomic E-state index is 12.3. The highest BCUT2D eigenvalue weighted by Gasteiger charge is 2.31. The van der Waals surface area contributed by atoms with Crippen molar-refractivity contribution in [1.29, 1.82) is 0 Å². The Hall–Kier alpha value is -1.72. The van der Waals surface area contributed by atoms with Crippen LogP contribution in [-0.4, -0.2) is 11.5 Å². The van der Waals surface area contributed by atoms with Crippen LogP contribution in [0.25, 0.3) is 16.5 Å². The SMILES string of the molecule is [N-]=[N+]=NCC=Cc1ncc(C(F)(F)F)cc1Cl. The third-order valence-corrected chi connectivity index (χ3v) is 2.03. The number of hydrogen-bond acceptors (Lipinski definition) is 2. The summed E-state index contributed by atoms with van der Waals surface area (Å²) < 4.78 is 36.8. The van der Waals surface area contributed by atoms with Crippen LogP contribution >= 0.6 is 11.6 Å². The Bertz CT molecular complexity index is 478. The quantitative estimate of drug-likeness (QED) is 0.460. The van der Waals surface area contributed by atoms with Gasteiger partial charge in [-0.3, -0.25) is 4.98 Å². The van der Waals surface area contributed by atoms with E-state index in [0.29, 0.717) is 6.20 Å². The van der Waals surface area contributed by atoms with Gasteiger partial charge < -0.3 is 0 Å². The van der Waals surface area contributed by atoms with Crippen molar-refractivity contribution in [2.24, 2.45) is 5.11 Å². The molecule has 0 aromatic carbocycles. The zero-order valence-electron chi connectivity index (χ0n) is 8.32. The summed E-state index contributed by atoms with van der Waals surface area (Å²) in [7, 11) is 0. The van der Waals surface area contributed by atoms with Gasteiger partial charge in [0.2, 0.25) is 0 Å². The monoisotopic (exact) mass is 262 g/mol. The first-order chi connectivity index (χ1) is 7.95. The average Bonchev–Trinajstić information content (AvgIpc) is 2.24. The Balaban J connectivity index is 2.90. The van der Waals surface area contributed by atoms with E-state index in [1.54, 1.807) is 0 Å². The average molecular weight is 263 g/mol. The van der Waals surface area contributed by atoms with Crippen LogP contribution in [0.4, 0.5) is 13.2 Å². The highest BCUT2D eigenvalue weighted by Crippen LogP contribution is 2.31. The summed E-state index contributed by atoms with van der Waals surface area (Å²) in [5.74, 6) is 0. The van der Waals surface area contributed by atoms with E-state index in [4.69, 9.17) is 17.1 Å². The van der Waals surface area contributed by atoms with Crippen molar-refractivity contribution < 1.29 is 13.2 Å². The van der Waals surface area contributed by atoms with Gasteiger partial charge in [-0.15, -0.1) is 0 Å². The second-order valence-electron chi connectivity index (χ2n) is 2.90. The summed E-state index contributed by atoms with van der Waals surface area (Å²) in [5.41, 5.74) is 7.28. The number of rotatable bonds is 3. The standard InChI is InChI=1S/C9H6ClF3N4/c10-7-4-6(9(11,12)13)5-15-8(7)2-1-3-16-17-14/h1-2,4-5H,3H2. The topological polar surface area (TPSA) is 61.7 Å². The smallest absolute Gasteiger partial charge is 0.255 e. The van der Waals surface area contributed by atoms with Crippen LogP contribution in [0.2, 0.25) is 5.02 Å². The molecule has 8 heteroatoms. The third kappa shape index (κ3) is 3.97. The van der Waals surface area contributed by atoms with E-state index in [-0.39, 0.29) is 17.3 Å². The molecule has 1 heterocycles. The fourth-order valence-electron chi connectivity index (χ4n) is 0.974. The Labute approximate surface area is 99.4 Å². The maximum atomic E-state index is 12.3. The number of alkyl halides is 3. The summed E-state index contributed by atoms with van der Waals surface area (Å²) in [5, 5.41) is 3.10. The molecule has 0 fully saturated rings. The van der Waals surface area contributed by atoms with Crippen molar-refractivity contribution in [2.75, 3.05) is 6.54 Å². The Morgan fingerprint density at radius 1 is 1.53 bits per heavy atom. The van der Waals surface area contributed by atoms with Crippen molar-refractivity contribution in [3.63, 3.8) is 0 Å². The fourth-order valence-corrected chi connectivity index (χ4v) is 1.20. The molecule has 0 spiro atoms. The van der Waals surface area contributed by atoms with Crippen LogP contribution < -0.4 is 0 Å². The molecule has 0 aliphatic rings. The minimum Gasteiger partial charge on any atom is -0.255 e. The van der Waals surface area contributed by atoms with Gasteiger partial charge in [0.25, 0.3) is 0 Å². The van der Waals surface area contributed by atoms with E-state index < -0.39 is 11.7 Å². The van der Waals surface area contributed by atoms with Crippen molar-refractivity contribution >= 4 is 17.7 Å². The molecule has 0 aliphatic carbocycles. The number of pyridine rings is 1. The van der Waals surface area contributed by atoms with Gasteiger partial charge in [-0.1, -0.05) is 22.8 Å². The number of halogens is 4. The zero-order chi connectivity index (χ0) is 12.9. The molecule has 0 unspecified atom stereocenters. The Morgan fingerprint density at radius 3 is 2.76 bits per heavy atom. The lowest BCUT2D eigenvalue weighted by molar-refractivity contribution is -0.137. The van der Waals surface area contributed by atoms with Gasteiger partial charge in [0.05, 0.1) is 16.3 Å². The molecule has 0 amide bonds. The number of nitrogens with zero attached hydrogens (tertiary/aromatic N) is 4. The van der Waals surface area contributed by atoms with Crippen LogP contribution in [0.1, 0.15) is 11.3 Å². The lowest BCUT2D eigenvalue weighted by Crippen LogP contribution is -2.05. The molecule has 1 aromatic heterocycles. The van der Waals surface area contributed by atoms with E-state index in [1.165, 1.54) is 12.2 Å². The molecule has 0 atom stereocenters. The van der Waals surface area contributed by atoms with Gasteiger partial charge >= 0.3 is 6.18 Å². The summed E-state index contributed by atoms with van der Waals surface area (Å²) in [6, 6.07) is 0.793. The minimum atomic E-state index is -4.47. The molecule has 0 bridgehead atoms. The number of hydrogen-bond donors (Lipinski definition) is 0. The predicted molar refractivity (Wildman–Crippen MR) is 57.3 cm³/mol. The van der Waals surface area contributed by atoms with Crippen molar-refractivity contribution in [3.05, 3.63) is 45.1 Å². The van der Waals surface area contributed by atoms with E-state index in [0.717, 1.165) is 6.07 Å². The molecule has 0 N–H and O–H groups in total. The fraction of sp³-hybridized carbons (Fsp3) is 0.222. The van der Waals surface area contributed by atoms with Crippen LogP contribution in [0.3, 0.4) is 0 Å². The Kier molecular flexibility index (Phi) is 4.37. The first-order valence-corrected chi connectivity index (χ1v) is 4.73. The molecular weight excluding hydrogens is 257 g/mol. The van der Waals surface area contributed by atoms with Crippen molar-refractivity contribution in [1.82, 2.24) is 4.98 Å². The normalized spacial score (nSPS) is 11.5. The van der Waals surface area contributed by atoms with Crippen LogP contribution in [0.5, 0.6) is 0 Å². The van der Waals surface area contributed by atoms with Gasteiger partial charge in [-0.05, 0) is 17.7 Å². The summed E-state index contributed by atoms with van der Waals surface area (Å²) in [6.07, 6.45) is -0.943. The predicted octanol–water partition coefficient (Wildman–Crippen LogP) is 4.08. The van der Waals surface area contributed by atoms with Crippen molar-refractivity contribution in [2.45, 2.75) is 6.18 Å². The molecule has 0 saturated heterocycles. The van der Waals surface area contributed by atoms with Crippen molar-refractivity contribution in [3.8, 4) is 0 Å². The lowest BCUT2D eigenvalue weighted by Gasteiger charge is -2.06. The number of azide groups is 1. The Morgan fingerprint density at radius 2 is 2.24 bits per heavy atom. The molecule has 0 saturated carbocycles. The molecule has 0 radical (unpaired) electrons. The van der Waals surface area contributed by atoms with E-state index in [1.807, 2.05) is 0 Å². The van der Waals surface area contributed by atoms with Crippen LogP contribution in [0.15, 0.2) is 23.5 Å². The van der Waals surface area contributed by atoms with Gasteiger partial charge in [0.1, 0.15) is 0 Å². The van der Waals surface area contributed by atoms with Gasteiger partial charge in [-0.2, -0.15) is 13.2 Å². The molecule has 1 aromatic rings. The third-order valence-electron chi connectivity index (χ3n) is 1.72. The molecule has 4 nitrogen and oxygen atoms in total. The first-order valence-electron chi connectivity index (χ1n) is 4.35. The second-order valence-corrected chi connectivity index (χ2v) is 3.31. The van der Waals surface area contributed by atoms with Gasteiger partial charge in [-0.25, -0.2) is 0 Å². The summed E-state index contributed by atoms with van der Waals surface area (Å²) in [4.78, 5) is 6.08. The maximum Gasteiger partial charge on any atom is 0.417 e. The number of aromatic nitrogens is 1. The second kappa shape index (κ2) is 5.56. The first kappa shape index (κ1) is 13.3. The van der Waals surface area contributed by atoms with E-state index >= 15 is 0 Å². The van der Waals surface area contributed by atoms with Gasteiger partial charge in [0, 0.05) is 17.7 Å². The molecular formula is C9H6ClF3N4. The molecule has 17 heavy (non-hydrogen) atoms. The van der Waals surface area contributed by atoms with E-state index in [2.05, 4.69) is 15.0 Å². The molecule has 90 valence electrons. The minimum absolute atomic E-state index is 0.0789. The van der Waals surface area contributed by atoms with E-state index in [9.17, 15) is 13.2 Å². The zero-order valence-corrected chi connectivity index (χ0v) is 9.07. The highest BCUT2D eigenvalue weighted by atomic mass is 35.5. The molecule has 0 aliphatic heterocycles. The highest BCUT2D eigenvalue weighted by molar-refractivity contribution is 6.31. The summed E-state index contributed by atoms with van der Waals surface area (Å²) >= 11 is 5.63.